The first-order valence-corrected chi connectivity index (χ1v) is 15.1. The Labute approximate surface area is 214 Å². The molecule has 0 unspecified atom stereocenters. The fourth-order valence-electron chi connectivity index (χ4n) is 5.81. The lowest BCUT2D eigenvalue weighted by molar-refractivity contribution is 0.0379. The van der Waals surface area contributed by atoms with Gasteiger partial charge in [0.2, 0.25) is 0 Å². The molecule has 0 spiro atoms. The second kappa shape index (κ2) is 11.6. The van der Waals surface area contributed by atoms with E-state index >= 15 is 0 Å². The summed E-state index contributed by atoms with van der Waals surface area (Å²) in [5.74, 6) is 1.43. The number of carbonyl (C=O) groups is 1. The molecule has 0 bridgehead atoms. The molecule has 2 atom stereocenters. The Balaban J connectivity index is 1.05. The Bertz CT molecular complexity index is 983. The zero-order chi connectivity index (χ0) is 25.1. The summed E-state index contributed by atoms with van der Waals surface area (Å²) < 4.78 is 40.9. The number of hydrogen-bond donors (Lipinski definition) is 1. The number of aromatic nitrogens is 1. The van der Waals surface area contributed by atoms with Crippen molar-refractivity contribution in [1.82, 2.24) is 24.0 Å². The highest BCUT2D eigenvalue weighted by Crippen LogP contribution is 2.40. The number of morpholine rings is 1. The number of carbonyl (C=O) groups excluding carboxylic acids is 1. The van der Waals surface area contributed by atoms with Gasteiger partial charge in [0.05, 0.1) is 13.2 Å². The summed E-state index contributed by atoms with van der Waals surface area (Å²) >= 11 is 0. The molecule has 1 N–H and O–H groups in total. The fraction of sp³-hybridized carbons (Fsp3) is 0.840. The van der Waals surface area contributed by atoms with E-state index < -0.39 is 10.2 Å². The van der Waals surface area contributed by atoms with Gasteiger partial charge in [0.15, 0.2) is 5.78 Å². The number of rotatable bonds is 10. The monoisotopic (exact) mass is 523 g/mol. The molecule has 3 aliphatic heterocycles. The van der Waals surface area contributed by atoms with Crippen LogP contribution in [0.3, 0.4) is 0 Å². The molecule has 1 aromatic heterocycles. The number of ether oxygens (including phenoxy) is 1. The van der Waals surface area contributed by atoms with Gasteiger partial charge in [-0.1, -0.05) is 5.16 Å². The minimum Gasteiger partial charge on any atom is -0.379 e. The van der Waals surface area contributed by atoms with E-state index in [4.69, 9.17) is 9.26 Å². The molecule has 4 aliphatic rings. The minimum absolute atomic E-state index is 0.00218. The lowest BCUT2D eigenvalue weighted by atomic mass is 9.88. The van der Waals surface area contributed by atoms with Crippen LogP contribution in [0.4, 0.5) is 0 Å². The van der Waals surface area contributed by atoms with Gasteiger partial charge in [-0.2, -0.15) is 17.0 Å². The van der Waals surface area contributed by atoms with Crippen molar-refractivity contribution in [2.24, 2.45) is 5.92 Å². The highest BCUT2D eigenvalue weighted by molar-refractivity contribution is 7.86. The first-order chi connectivity index (χ1) is 17.4. The van der Waals surface area contributed by atoms with E-state index in [0.29, 0.717) is 56.6 Å². The molecular formula is C25H41N5O5S. The third kappa shape index (κ3) is 6.36. The van der Waals surface area contributed by atoms with Gasteiger partial charge in [-0.25, -0.2) is 0 Å². The van der Waals surface area contributed by atoms with Crippen LogP contribution >= 0.6 is 0 Å². The quantitative estimate of drug-likeness (QED) is 0.463. The van der Waals surface area contributed by atoms with Crippen LogP contribution in [0.25, 0.3) is 0 Å². The lowest BCUT2D eigenvalue weighted by Gasteiger charge is -2.41. The first-order valence-electron chi connectivity index (χ1n) is 13.7. The Morgan fingerprint density at radius 3 is 2.53 bits per heavy atom. The number of ketones is 1. The maximum atomic E-state index is 13.4. The Morgan fingerprint density at radius 2 is 1.83 bits per heavy atom. The van der Waals surface area contributed by atoms with Gasteiger partial charge in [-0.05, 0) is 51.4 Å². The largest absolute Gasteiger partial charge is 0.379 e. The van der Waals surface area contributed by atoms with Crippen LogP contribution in [0.15, 0.2) is 10.6 Å². The number of Topliss-reactive ketones (excluding diaryl/α,β-unsaturated/α-hetero) is 1. The van der Waals surface area contributed by atoms with E-state index in [1.54, 1.807) is 14.7 Å². The Hall–Kier alpha value is -1.37. The standard InChI is InChI=1S/C25H41N5O5S/c1-19-16-20(17-24(31)23-18-25(35-27-23)21-2-3-21)4-10-30(19)36(32,33)29-8-5-22(6-9-29)26-7-11-28-12-14-34-15-13-28/h18-22,26H,2-17H2,1H3/t19-,20-/m0/s1. The minimum atomic E-state index is -3.49. The fourth-order valence-corrected chi connectivity index (χ4v) is 7.66. The summed E-state index contributed by atoms with van der Waals surface area (Å²) in [4.78, 5) is 15.1. The molecule has 36 heavy (non-hydrogen) atoms. The molecule has 5 rings (SSSR count). The molecule has 0 radical (unpaired) electrons. The molecule has 11 heteroatoms. The topological polar surface area (TPSA) is 108 Å². The van der Waals surface area contributed by atoms with Gasteiger partial charge in [-0.3, -0.25) is 9.69 Å². The van der Waals surface area contributed by atoms with E-state index in [1.165, 1.54) is 0 Å². The van der Waals surface area contributed by atoms with Crippen molar-refractivity contribution in [3.8, 4) is 0 Å². The average Bonchev–Trinajstić information content (AvgIpc) is 3.61. The molecule has 3 saturated heterocycles. The predicted octanol–water partition coefficient (Wildman–Crippen LogP) is 1.86. The third-order valence-corrected chi connectivity index (χ3v) is 10.4. The molecule has 1 aromatic rings. The van der Waals surface area contributed by atoms with Gasteiger partial charge in [0.1, 0.15) is 11.5 Å². The van der Waals surface area contributed by atoms with E-state index in [-0.39, 0.29) is 17.7 Å². The van der Waals surface area contributed by atoms with Crippen LogP contribution in [0.2, 0.25) is 0 Å². The molecule has 1 aliphatic carbocycles. The Morgan fingerprint density at radius 1 is 1.08 bits per heavy atom. The second-order valence-corrected chi connectivity index (χ2v) is 12.8. The van der Waals surface area contributed by atoms with Gasteiger partial charge < -0.3 is 14.6 Å². The van der Waals surface area contributed by atoms with Crippen LogP contribution < -0.4 is 5.32 Å². The Kier molecular flexibility index (Phi) is 8.44. The van der Waals surface area contributed by atoms with E-state index in [1.807, 2.05) is 6.92 Å². The first kappa shape index (κ1) is 26.2. The van der Waals surface area contributed by atoms with Crippen molar-refractivity contribution in [3.05, 3.63) is 17.5 Å². The van der Waals surface area contributed by atoms with Gasteiger partial charge >= 0.3 is 0 Å². The third-order valence-electron chi connectivity index (χ3n) is 8.23. The van der Waals surface area contributed by atoms with Crippen molar-refractivity contribution in [1.29, 1.82) is 0 Å². The van der Waals surface area contributed by atoms with Crippen molar-refractivity contribution in [2.75, 3.05) is 59.0 Å². The maximum absolute atomic E-state index is 13.4. The van der Waals surface area contributed by atoms with Crippen LogP contribution in [-0.4, -0.2) is 104 Å². The molecule has 10 nitrogen and oxygen atoms in total. The number of piperidine rings is 2. The summed E-state index contributed by atoms with van der Waals surface area (Å²) in [6.45, 7) is 9.07. The lowest BCUT2D eigenvalue weighted by Crippen LogP contribution is -2.54. The van der Waals surface area contributed by atoms with Crippen LogP contribution in [0.1, 0.15) is 74.0 Å². The van der Waals surface area contributed by atoms with Crippen molar-refractivity contribution < 1.29 is 22.5 Å². The number of hydrogen-bond acceptors (Lipinski definition) is 8. The highest BCUT2D eigenvalue weighted by Gasteiger charge is 2.39. The van der Waals surface area contributed by atoms with Gasteiger partial charge in [-0.15, -0.1) is 0 Å². The van der Waals surface area contributed by atoms with Gasteiger partial charge in [0.25, 0.3) is 10.2 Å². The molecule has 202 valence electrons. The zero-order valence-electron chi connectivity index (χ0n) is 21.4. The molecule has 4 heterocycles. The van der Waals surface area contributed by atoms with Crippen LogP contribution in [-0.2, 0) is 14.9 Å². The summed E-state index contributed by atoms with van der Waals surface area (Å²) in [6.07, 6.45) is 5.67. The number of nitrogens with one attached hydrogen (secondary N) is 1. The summed E-state index contributed by atoms with van der Waals surface area (Å²) in [7, 11) is -3.49. The zero-order valence-corrected chi connectivity index (χ0v) is 22.3. The summed E-state index contributed by atoms with van der Waals surface area (Å²) in [6, 6.07) is 2.04. The predicted molar refractivity (Wildman–Crippen MR) is 135 cm³/mol. The van der Waals surface area contributed by atoms with Crippen LogP contribution in [0.5, 0.6) is 0 Å². The van der Waals surface area contributed by atoms with Gasteiger partial charge in [0, 0.05) is 76.3 Å². The average molecular weight is 524 g/mol. The molecule has 0 aromatic carbocycles. The number of nitrogens with zero attached hydrogens (tertiary/aromatic N) is 4. The summed E-state index contributed by atoms with van der Waals surface area (Å²) in [5.41, 5.74) is 0.418. The summed E-state index contributed by atoms with van der Waals surface area (Å²) in [5, 5.41) is 7.59. The van der Waals surface area contributed by atoms with Crippen molar-refractivity contribution in [3.63, 3.8) is 0 Å². The molecule has 4 fully saturated rings. The van der Waals surface area contributed by atoms with E-state index in [9.17, 15) is 13.2 Å². The van der Waals surface area contributed by atoms with Crippen molar-refractivity contribution in [2.45, 2.75) is 69.9 Å². The van der Waals surface area contributed by atoms with E-state index in [0.717, 1.165) is 70.8 Å². The molecule has 1 saturated carbocycles. The maximum Gasteiger partial charge on any atom is 0.282 e. The van der Waals surface area contributed by atoms with Crippen LogP contribution in [0, 0.1) is 5.92 Å². The normalized spacial score (nSPS) is 27.9. The molecule has 0 amide bonds. The smallest absolute Gasteiger partial charge is 0.282 e. The second-order valence-electron chi connectivity index (χ2n) is 11.0. The molecular weight excluding hydrogens is 482 g/mol. The SMILES string of the molecule is C[C@H]1C[C@@H](CC(=O)c2cc(C3CC3)on2)CCN1S(=O)(=O)N1CCC(NCCN2CCOCC2)CC1. The van der Waals surface area contributed by atoms with E-state index in [2.05, 4.69) is 15.4 Å². The van der Waals surface area contributed by atoms with Crippen molar-refractivity contribution >= 4 is 16.0 Å². The highest BCUT2D eigenvalue weighted by atomic mass is 32.2.